The predicted octanol–water partition coefficient (Wildman–Crippen LogP) is 1.95. The fraction of sp³-hybridized carbons (Fsp3) is 0.900. The second-order valence-electron chi connectivity index (χ2n) is 3.94. The molecule has 2 atom stereocenters. The minimum atomic E-state index is 0.240. The molecule has 0 aromatic rings. The molecule has 1 aliphatic rings. The van der Waals surface area contributed by atoms with E-state index in [1.54, 1.807) is 7.05 Å². The molecule has 2 nitrogen and oxygen atoms in total. The van der Waals surface area contributed by atoms with Crippen LogP contribution >= 0.6 is 0 Å². The average Bonchev–Trinajstić information content (AvgIpc) is 2.28. The highest BCUT2D eigenvalue weighted by molar-refractivity contribution is 5.78. The molecular weight excluding hydrogens is 150 g/mol. The van der Waals surface area contributed by atoms with E-state index < -0.39 is 0 Å². The number of rotatable bonds is 1. The SMILES string of the molecule is CNC(=O)[C@H]1CCCCC(C)C1. The lowest BCUT2D eigenvalue weighted by atomic mass is 9.94. The van der Waals surface area contributed by atoms with Crippen LogP contribution in [-0.4, -0.2) is 13.0 Å². The van der Waals surface area contributed by atoms with Crippen LogP contribution in [0.3, 0.4) is 0 Å². The van der Waals surface area contributed by atoms with Gasteiger partial charge in [-0.1, -0.05) is 26.2 Å². The third-order valence-corrected chi connectivity index (χ3v) is 2.80. The minimum absolute atomic E-state index is 0.240. The predicted molar refractivity (Wildman–Crippen MR) is 49.8 cm³/mol. The van der Waals surface area contributed by atoms with E-state index in [0.717, 1.165) is 18.8 Å². The number of hydrogen-bond acceptors (Lipinski definition) is 1. The maximum atomic E-state index is 11.4. The van der Waals surface area contributed by atoms with Crippen LogP contribution in [0.5, 0.6) is 0 Å². The van der Waals surface area contributed by atoms with Crippen LogP contribution in [0.2, 0.25) is 0 Å². The summed E-state index contributed by atoms with van der Waals surface area (Å²) in [6.07, 6.45) is 5.99. The molecule has 0 aromatic carbocycles. The summed E-state index contributed by atoms with van der Waals surface area (Å²) in [5, 5.41) is 2.74. The first-order chi connectivity index (χ1) is 5.74. The molecule has 2 heteroatoms. The molecular formula is C10H19NO. The lowest BCUT2D eigenvalue weighted by molar-refractivity contribution is -0.125. The molecule has 70 valence electrons. The van der Waals surface area contributed by atoms with Gasteiger partial charge in [0.2, 0.25) is 5.91 Å². The van der Waals surface area contributed by atoms with Crippen molar-refractivity contribution >= 4 is 5.91 Å². The molecule has 1 amide bonds. The first kappa shape index (κ1) is 9.56. The molecule has 0 spiro atoms. The van der Waals surface area contributed by atoms with Crippen LogP contribution in [0.25, 0.3) is 0 Å². The van der Waals surface area contributed by atoms with Crippen molar-refractivity contribution in [3.8, 4) is 0 Å². The fourth-order valence-corrected chi connectivity index (χ4v) is 2.05. The van der Waals surface area contributed by atoms with Gasteiger partial charge in [0.05, 0.1) is 0 Å². The zero-order chi connectivity index (χ0) is 8.97. The summed E-state index contributed by atoms with van der Waals surface area (Å²) in [6.45, 7) is 2.25. The lowest BCUT2D eigenvalue weighted by Gasteiger charge is -2.14. The van der Waals surface area contributed by atoms with Gasteiger partial charge >= 0.3 is 0 Å². The highest BCUT2D eigenvalue weighted by atomic mass is 16.1. The van der Waals surface area contributed by atoms with E-state index in [9.17, 15) is 4.79 Å². The Labute approximate surface area is 74.7 Å². The summed E-state index contributed by atoms with van der Waals surface area (Å²) in [4.78, 5) is 11.4. The minimum Gasteiger partial charge on any atom is -0.359 e. The van der Waals surface area contributed by atoms with Crippen molar-refractivity contribution in [2.24, 2.45) is 11.8 Å². The third-order valence-electron chi connectivity index (χ3n) is 2.80. The van der Waals surface area contributed by atoms with Crippen molar-refractivity contribution in [1.82, 2.24) is 5.32 Å². The second kappa shape index (κ2) is 4.48. The Bertz CT molecular complexity index is 156. The maximum Gasteiger partial charge on any atom is 0.222 e. The monoisotopic (exact) mass is 169 g/mol. The summed E-state index contributed by atoms with van der Waals surface area (Å²) in [6, 6.07) is 0. The zero-order valence-electron chi connectivity index (χ0n) is 8.10. The van der Waals surface area contributed by atoms with Crippen molar-refractivity contribution in [3.63, 3.8) is 0 Å². The van der Waals surface area contributed by atoms with Crippen LogP contribution in [0.1, 0.15) is 39.0 Å². The van der Waals surface area contributed by atoms with Crippen LogP contribution in [-0.2, 0) is 4.79 Å². The lowest BCUT2D eigenvalue weighted by Crippen LogP contribution is -2.27. The fourth-order valence-electron chi connectivity index (χ4n) is 2.05. The molecule has 0 saturated heterocycles. The molecule has 0 aromatic heterocycles. The quantitative estimate of drug-likeness (QED) is 0.597. The van der Waals surface area contributed by atoms with E-state index >= 15 is 0 Å². The Morgan fingerprint density at radius 2 is 2.00 bits per heavy atom. The number of amides is 1. The number of carbonyl (C=O) groups is 1. The number of carbonyl (C=O) groups excluding carboxylic acids is 1. The molecule has 1 rings (SSSR count). The van der Waals surface area contributed by atoms with Crippen LogP contribution in [0, 0.1) is 11.8 Å². The summed E-state index contributed by atoms with van der Waals surface area (Å²) in [5.41, 5.74) is 0. The highest BCUT2D eigenvalue weighted by Gasteiger charge is 2.22. The largest absolute Gasteiger partial charge is 0.359 e. The van der Waals surface area contributed by atoms with Gasteiger partial charge in [0.1, 0.15) is 0 Å². The van der Waals surface area contributed by atoms with Gasteiger partial charge in [-0.3, -0.25) is 4.79 Å². The van der Waals surface area contributed by atoms with Gasteiger partial charge in [-0.15, -0.1) is 0 Å². The first-order valence-corrected chi connectivity index (χ1v) is 4.95. The molecule has 1 N–H and O–H groups in total. The summed E-state index contributed by atoms with van der Waals surface area (Å²) in [7, 11) is 1.73. The summed E-state index contributed by atoms with van der Waals surface area (Å²) < 4.78 is 0. The van der Waals surface area contributed by atoms with Crippen molar-refractivity contribution in [2.75, 3.05) is 7.05 Å². The molecule has 0 radical (unpaired) electrons. The van der Waals surface area contributed by atoms with E-state index in [4.69, 9.17) is 0 Å². The molecule has 0 aliphatic heterocycles. The Kier molecular flexibility index (Phi) is 3.57. The molecule has 12 heavy (non-hydrogen) atoms. The molecule has 1 fully saturated rings. The first-order valence-electron chi connectivity index (χ1n) is 4.95. The van der Waals surface area contributed by atoms with Crippen molar-refractivity contribution in [2.45, 2.75) is 39.0 Å². The standard InChI is InChI=1S/C10H19NO/c1-8-5-3-4-6-9(7-8)10(12)11-2/h8-9H,3-7H2,1-2H3,(H,11,12)/t8?,9-/m0/s1. The van der Waals surface area contributed by atoms with Gasteiger partial charge in [0.25, 0.3) is 0 Å². The smallest absolute Gasteiger partial charge is 0.222 e. The zero-order valence-corrected chi connectivity index (χ0v) is 8.10. The van der Waals surface area contributed by atoms with E-state index in [2.05, 4.69) is 12.2 Å². The molecule has 1 saturated carbocycles. The van der Waals surface area contributed by atoms with Gasteiger partial charge < -0.3 is 5.32 Å². The molecule has 1 unspecified atom stereocenters. The normalized spacial score (nSPS) is 30.8. The van der Waals surface area contributed by atoms with Crippen molar-refractivity contribution < 1.29 is 4.79 Å². The van der Waals surface area contributed by atoms with Gasteiger partial charge in [-0.05, 0) is 18.8 Å². The number of hydrogen-bond donors (Lipinski definition) is 1. The van der Waals surface area contributed by atoms with E-state index in [0.29, 0.717) is 0 Å². The maximum absolute atomic E-state index is 11.4. The number of nitrogens with one attached hydrogen (secondary N) is 1. The second-order valence-corrected chi connectivity index (χ2v) is 3.94. The highest BCUT2D eigenvalue weighted by Crippen LogP contribution is 2.27. The molecule has 0 heterocycles. The van der Waals surface area contributed by atoms with E-state index in [1.807, 2.05) is 0 Å². The van der Waals surface area contributed by atoms with Crippen LogP contribution < -0.4 is 5.32 Å². The Morgan fingerprint density at radius 1 is 1.33 bits per heavy atom. The summed E-state index contributed by atoms with van der Waals surface area (Å²) in [5.74, 6) is 1.26. The van der Waals surface area contributed by atoms with Crippen molar-refractivity contribution in [1.29, 1.82) is 0 Å². The van der Waals surface area contributed by atoms with Crippen LogP contribution in [0.4, 0.5) is 0 Å². The summed E-state index contributed by atoms with van der Waals surface area (Å²) >= 11 is 0. The van der Waals surface area contributed by atoms with Gasteiger partial charge in [-0.25, -0.2) is 0 Å². The van der Waals surface area contributed by atoms with Gasteiger partial charge in [0, 0.05) is 13.0 Å². The van der Waals surface area contributed by atoms with E-state index in [1.165, 1.54) is 19.3 Å². The van der Waals surface area contributed by atoms with Gasteiger partial charge in [-0.2, -0.15) is 0 Å². The Morgan fingerprint density at radius 3 is 2.67 bits per heavy atom. The Balaban J connectivity index is 2.46. The van der Waals surface area contributed by atoms with Gasteiger partial charge in [0.15, 0.2) is 0 Å². The van der Waals surface area contributed by atoms with Crippen molar-refractivity contribution in [3.05, 3.63) is 0 Å². The topological polar surface area (TPSA) is 29.1 Å². The average molecular weight is 169 g/mol. The third kappa shape index (κ3) is 2.50. The Hall–Kier alpha value is -0.530. The molecule has 0 bridgehead atoms. The molecule has 1 aliphatic carbocycles. The van der Waals surface area contributed by atoms with E-state index in [-0.39, 0.29) is 11.8 Å². The van der Waals surface area contributed by atoms with Crippen LogP contribution in [0.15, 0.2) is 0 Å².